The Morgan fingerprint density at radius 1 is 1.14 bits per heavy atom. The fourth-order valence-corrected chi connectivity index (χ4v) is 1.99. The maximum absolute atomic E-state index is 12.3. The van der Waals surface area contributed by atoms with E-state index >= 15 is 0 Å². The average Bonchev–Trinajstić information content (AvgIpc) is 2.49. The second-order valence-electron chi connectivity index (χ2n) is 4.78. The summed E-state index contributed by atoms with van der Waals surface area (Å²) in [5.74, 6) is 5.64. The molecule has 2 rings (SSSR count). The average molecular weight is 278 g/mol. The number of hydrogen-bond acceptors (Lipinski definition) is 2. The zero-order chi connectivity index (χ0) is 15.2. The van der Waals surface area contributed by atoms with E-state index in [-0.39, 0.29) is 5.91 Å². The summed E-state index contributed by atoms with van der Waals surface area (Å²) in [7, 11) is 0. The number of carbonyl (C=O) groups excluding carboxylic acids is 1. The minimum atomic E-state index is -0.100. The van der Waals surface area contributed by atoms with Gasteiger partial charge < -0.3 is 11.1 Å². The first-order valence-corrected chi connectivity index (χ1v) is 6.78. The van der Waals surface area contributed by atoms with E-state index in [1.54, 1.807) is 0 Å². The van der Waals surface area contributed by atoms with E-state index in [4.69, 9.17) is 5.73 Å². The second kappa shape index (κ2) is 6.74. The van der Waals surface area contributed by atoms with Crippen LogP contribution < -0.4 is 11.1 Å². The molecule has 0 aliphatic heterocycles. The van der Waals surface area contributed by atoms with E-state index in [2.05, 4.69) is 17.2 Å². The summed E-state index contributed by atoms with van der Waals surface area (Å²) in [6, 6.07) is 13.1. The summed E-state index contributed by atoms with van der Waals surface area (Å²) in [4.78, 5) is 12.3. The molecule has 1 amide bonds. The highest BCUT2D eigenvalue weighted by Gasteiger charge is 2.10. The first-order chi connectivity index (χ1) is 10.1. The molecular weight excluding hydrogens is 260 g/mol. The third-order valence-electron chi connectivity index (χ3n) is 3.33. The number of nitrogens with two attached hydrogens (primary N) is 1. The highest BCUT2D eigenvalue weighted by molar-refractivity contribution is 6.05. The van der Waals surface area contributed by atoms with Crippen molar-refractivity contribution in [2.24, 2.45) is 5.73 Å². The number of anilines is 1. The van der Waals surface area contributed by atoms with Crippen molar-refractivity contribution in [3.8, 4) is 11.8 Å². The van der Waals surface area contributed by atoms with Crippen LogP contribution >= 0.6 is 0 Å². The Bertz CT molecular complexity index is 706. The van der Waals surface area contributed by atoms with Gasteiger partial charge in [0.25, 0.3) is 5.91 Å². The van der Waals surface area contributed by atoms with Crippen LogP contribution in [0.15, 0.2) is 42.5 Å². The minimum Gasteiger partial charge on any atom is -0.322 e. The van der Waals surface area contributed by atoms with Crippen LogP contribution in [0.2, 0.25) is 0 Å². The van der Waals surface area contributed by atoms with Crippen molar-refractivity contribution >= 4 is 11.6 Å². The van der Waals surface area contributed by atoms with E-state index in [9.17, 15) is 4.79 Å². The van der Waals surface area contributed by atoms with E-state index < -0.39 is 0 Å². The Morgan fingerprint density at radius 2 is 1.86 bits per heavy atom. The molecule has 0 saturated carbocycles. The number of carbonyl (C=O) groups is 1. The zero-order valence-corrected chi connectivity index (χ0v) is 12.2. The highest BCUT2D eigenvalue weighted by Crippen LogP contribution is 2.15. The molecule has 0 atom stereocenters. The molecule has 106 valence electrons. The van der Waals surface area contributed by atoms with Gasteiger partial charge in [0.1, 0.15) is 0 Å². The Morgan fingerprint density at radius 3 is 2.52 bits per heavy atom. The van der Waals surface area contributed by atoms with Crippen molar-refractivity contribution in [2.75, 3.05) is 11.9 Å². The lowest BCUT2D eigenvalue weighted by atomic mass is 10.0. The fraction of sp³-hybridized carbons (Fsp3) is 0.167. The van der Waals surface area contributed by atoms with Crippen LogP contribution in [0, 0.1) is 25.7 Å². The molecule has 0 heterocycles. The standard InChI is InChI=1S/C18H18N2O/c1-13-5-3-7-17(14(13)2)18(21)20-16-10-8-15(9-11-16)6-4-12-19/h3,5,7-11H,12,19H2,1-2H3,(H,20,21). The molecule has 0 fully saturated rings. The molecule has 0 spiro atoms. The van der Waals surface area contributed by atoms with Crippen LogP contribution in [0.25, 0.3) is 0 Å². The van der Waals surface area contributed by atoms with Crippen molar-refractivity contribution in [3.63, 3.8) is 0 Å². The minimum absolute atomic E-state index is 0.100. The first-order valence-electron chi connectivity index (χ1n) is 6.78. The van der Waals surface area contributed by atoms with Gasteiger partial charge in [-0.05, 0) is 55.3 Å². The van der Waals surface area contributed by atoms with Gasteiger partial charge in [-0.2, -0.15) is 0 Å². The normalized spacial score (nSPS) is 9.67. The number of nitrogens with one attached hydrogen (secondary N) is 1. The molecule has 0 saturated heterocycles. The highest BCUT2D eigenvalue weighted by atomic mass is 16.1. The number of rotatable bonds is 2. The van der Waals surface area contributed by atoms with E-state index in [0.717, 1.165) is 22.4 Å². The molecule has 0 unspecified atom stereocenters. The van der Waals surface area contributed by atoms with Crippen LogP contribution in [0.3, 0.4) is 0 Å². The lowest BCUT2D eigenvalue weighted by Gasteiger charge is -2.09. The van der Waals surface area contributed by atoms with Gasteiger partial charge in [0.05, 0.1) is 6.54 Å². The van der Waals surface area contributed by atoms with Crippen molar-refractivity contribution in [1.29, 1.82) is 0 Å². The van der Waals surface area contributed by atoms with Crippen molar-refractivity contribution in [1.82, 2.24) is 0 Å². The third kappa shape index (κ3) is 3.71. The molecular formula is C18H18N2O. The number of benzene rings is 2. The molecule has 0 aliphatic rings. The number of hydrogen-bond donors (Lipinski definition) is 2. The third-order valence-corrected chi connectivity index (χ3v) is 3.33. The summed E-state index contributed by atoms with van der Waals surface area (Å²) < 4.78 is 0. The Labute approximate surface area is 125 Å². The monoisotopic (exact) mass is 278 g/mol. The molecule has 0 aromatic heterocycles. The van der Waals surface area contributed by atoms with Crippen LogP contribution in [-0.4, -0.2) is 12.5 Å². The molecule has 2 aromatic carbocycles. The molecule has 0 radical (unpaired) electrons. The molecule has 21 heavy (non-hydrogen) atoms. The molecule has 0 aliphatic carbocycles. The molecule has 0 bridgehead atoms. The summed E-state index contributed by atoms with van der Waals surface area (Å²) >= 11 is 0. The van der Waals surface area contributed by atoms with Gasteiger partial charge in [0.2, 0.25) is 0 Å². The topological polar surface area (TPSA) is 55.1 Å². The lowest BCUT2D eigenvalue weighted by molar-refractivity contribution is 0.102. The second-order valence-corrected chi connectivity index (χ2v) is 4.78. The molecule has 3 N–H and O–H groups in total. The predicted molar refractivity (Wildman–Crippen MR) is 86.2 cm³/mol. The maximum atomic E-state index is 12.3. The molecule has 2 aromatic rings. The van der Waals surface area contributed by atoms with E-state index in [1.165, 1.54) is 0 Å². The quantitative estimate of drug-likeness (QED) is 0.830. The van der Waals surface area contributed by atoms with Crippen molar-refractivity contribution in [3.05, 3.63) is 64.7 Å². The Hall–Kier alpha value is -2.57. The molecule has 3 nitrogen and oxygen atoms in total. The van der Waals surface area contributed by atoms with Crippen LogP contribution in [0.5, 0.6) is 0 Å². The van der Waals surface area contributed by atoms with Crippen molar-refractivity contribution in [2.45, 2.75) is 13.8 Å². The smallest absolute Gasteiger partial charge is 0.255 e. The van der Waals surface area contributed by atoms with Crippen molar-refractivity contribution < 1.29 is 4.79 Å². The van der Waals surface area contributed by atoms with Gasteiger partial charge in [-0.25, -0.2) is 0 Å². The summed E-state index contributed by atoms with van der Waals surface area (Å²) in [5, 5.41) is 2.90. The summed E-state index contributed by atoms with van der Waals surface area (Å²) in [6.07, 6.45) is 0. The maximum Gasteiger partial charge on any atom is 0.255 e. The largest absolute Gasteiger partial charge is 0.322 e. The van der Waals surface area contributed by atoms with Crippen LogP contribution in [0.4, 0.5) is 5.69 Å². The van der Waals surface area contributed by atoms with Gasteiger partial charge in [-0.15, -0.1) is 0 Å². The molecule has 3 heteroatoms. The Kier molecular flexibility index (Phi) is 4.76. The van der Waals surface area contributed by atoms with Crippen LogP contribution in [-0.2, 0) is 0 Å². The summed E-state index contributed by atoms with van der Waals surface area (Å²) in [6.45, 7) is 4.29. The summed E-state index contributed by atoms with van der Waals surface area (Å²) in [5.41, 5.74) is 9.76. The lowest BCUT2D eigenvalue weighted by Crippen LogP contribution is -2.13. The van der Waals surface area contributed by atoms with Gasteiger partial charge in [-0.1, -0.05) is 24.0 Å². The van der Waals surface area contributed by atoms with Crippen LogP contribution in [0.1, 0.15) is 27.0 Å². The zero-order valence-electron chi connectivity index (χ0n) is 12.2. The number of aryl methyl sites for hydroxylation is 1. The fourth-order valence-electron chi connectivity index (χ4n) is 1.99. The van der Waals surface area contributed by atoms with Gasteiger partial charge in [0.15, 0.2) is 0 Å². The first kappa shape index (κ1) is 14.8. The number of amides is 1. The van der Waals surface area contributed by atoms with E-state index in [0.29, 0.717) is 12.1 Å². The van der Waals surface area contributed by atoms with Gasteiger partial charge in [0, 0.05) is 16.8 Å². The van der Waals surface area contributed by atoms with Gasteiger partial charge in [-0.3, -0.25) is 4.79 Å². The SMILES string of the molecule is Cc1cccc(C(=O)Nc2ccc(C#CCN)cc2)c1C. The predicted octanol–water partition coefficient (Wildman–Crippen LogP) is 2.87. The van der Waals surface area contributed by atoms with E-state index in [1.807, 2.05) is 56.3 Å². The van der Waals surface area contributed by atoms with Gasteiger partial charge >= 0.3 is 0 Å². The Balaban J connectivity index is 2.14.